The Bertz CT molecular complexity index is 820. The number of hydrogen-bond donors (Lipinski definition) is 2. The summed E-state index contributed by atoms with van der Waals surface area (Å²) in [4.78, 5) is 20.6. The van der Waals surface area contributed by atoms with Crippen LogP contribution in [-0.4, -0.2) is 44.7 Å². The van der Waals surface area contributed by atoms with E-state index < -0.39 is 0 Å². The zero-order chi connectivity index (χ0) is 17.8. The van der Waals surface area contributed by atoms with E-state index in [4.69, 9.17) is 0 Å². The van der Waals surface area contributed by atoms with Gasteiger partial charge in [-0.1, -0.05) is 12.1 Å². The number of H-pyrrole nitrogens is 1. The third kappa shape index (κ3) is 3.95. The third-order valence-electron chi connectivity index (χ3n) is 4.06. The minimum Gasteiger partial charge on any atom is -0.353 e. The van der Waals surface area contributed by atoms with Crippen molar-refractivity contribution in [2.45, 2.75) is 19.5 Å². The van der Waals surface area contributed by atoms with Gasteiger partial charge in [-0.2, -0.15) is 5.10 Å². The van der Waals surface area contributed by atoms with Crippen molar-refractivity contribution in [3.8, 4) is 5.69 Å². The molecule has 3 rings (SSSR count). The Balaban J connectivity index is 1.59. The van der Waals surface area contributed by atoms with Crippen LogP contribution in [0, 0.1) is 0 Å². The fourth-order valence-electron chi connectivity index (χ4n) is 2.55. The lowest BCUT2D eigenvalue weighted by molar-refractivity contribution is 0.0822. The summed E-state index contributed by atoms with van der Waals surface area (Å²) in [7, 11) is 3.48. The van der Waals surface area contributed by atoms with Crippen molar-refractivity contribution in [2.75, 3.05) is 14.1 Å². The highest BCUT2D eigenvalue weighted by atomic mass is 16.2. The Morgan fingerprint density at radius 3 is 2.64 bits per heavy atom. The van der Waals surface area contributed by atoms with Crippen LogP contribution in [0.3, 0.4) is 0 Å². The molecule has 0 saturated heterocycles. The zero-order valence-electron chi connectivity index (χ0n) is 14.6. The van der Waals surface area contributed by atoms with Gasteiger partial charge in [0.15, 0.2) is 0 Å². The Morgan fingerprint density at radius 2 is 2.00 bits per heavy atom. The van der Waals surface area contributed by atoms with E-state index in [0.717, 1.165) is 11.4 Å². The van der Waals surface area contributed by atoms with Gasteiger partial charge in [0.05, 0.1) is 5.69 Å². The smallest absolute Gasteiger partial charge is 0.269 e. The lowest BCUT2D eigenvalue weighted by atomic mass is 10.1. The second-order valence-corrected chi connectivity index (χ2v) is 6.13. The zero-order valence-corrected chi connectivity index (χ0v) is 14.6. The lowest BCUT2D eigenvalue weighted by Gasteiger charge is -2.14. The summed E-state index contributed by atoms with van der Waals surface area (Å²) < 4.78 is 1.73. The van der Waals surface area contributed by atoms with Crippen LogP contribution in [0.2, 0.25) is 0 Å². The minimum atomic E-state index is -0.0250. The van der Waals surface area contributed by atoms with Crippen LogP contribution in [-0.2, 0) is 6.54 Å². The van der Waals surface area contributed by atoms with Gasteiger partial charge in [0.25, 0.3) is 5.91 Å². The third-order valence-corrected chi connectivity index (χ3v) is 4.06. The van der Waals surface area contributed by atoms with Gasteiger partial charge < -0.3 is 15.2 Å². The number of aromatic nitrogens is 4. The maximum absolute atomic E-state index is 11.9. The maximum Gasteiger partial charge on any atom is 0.269 e. The number of aromatic amines is 1. The topological polar surface area (TPSA) is 78.8 Å². The summed E-state index contributed by atoms with van der Waals surface area (Å²) >= 11 is 0. The molecule has 1 amide bonds. The van der Waals surface area contributed by atoms with Crippen molar-refractivity contribution in [1.29, 1.82) is 0 Å². The van der Waals surface area contributed by atoms with Gasteiger partial charge in [-0.15, -0.1) is 0 Å². The van der Waals surface area contributed by atoms with Crippen LogP contribution in [0.5, 0.6) is 0 Å². The summed E-state index contributed by atoms with van der Waals surface area (Å²) in [5, 5.41) is 7.58. The molecule has 0 spiro atoms. The first kappa shape index (κ1) is 16.9. The molecule has 25 heavy (non-hydrogen) atoms. The van der Waals surface area contributed by atoms with E-state index in [0.29, 0.717) is 12.2 Å². The predicted octanol–water partition coefficient (Wildman–Crippen LogP) is 2.15. The second-order valence-electron chi connectivity index (χ2n) is 6.13. The fourth-order valence-corrected chi connectivity index (χ4v) is 2.55. The molecule has 2 heterocycles. The molecular formula is C18H22N6O. The molecule has 0 aliphatic heterocycles. The number of benzene rings is 1. The molecule has 0 bridgehead atoms. The van der Waals surface area contributed by atoms with E-state index >= 15 is 0 Å². The van der Waals surface area contributed by atoms with Gasteiger partial charge in [0, 0.05) is 32.4 Å². The number of hydrogen-bond acceptors (Lipinski definition) is 4. The first-order valence-electron chi connectivity index (χ1n) is 8.12. The number of nitrogens with one attached hydrogen (secondary N) is 2. The highest BCUT2D eigenvalue weighted by molar-refractivity contribution is 5.92. The van der Waals surface area contributed by atoms with Gasteiger partial charge in [-0.3, -0.25) is 4.79 Å². The normalized spacial score (nSPS) is 12.1. The van der Waals surface area contributed by atoms with E-state index in [-0.39, 0.29) is 11.9 Å². The van der Waals surface area contributed by atoms with Gasteiger partial charge in [0.1, 0.15) is 18.3 Å². The molecule has 0 aliphatic carbocycles. The van der Waals surface area contributed by atoms with Crippen molar-refractivity contribution in [2.24, 2.45) is 0 Å². The minimum absolute atomic E-state index is 0.0250. The molecule has 0 saturated carbocycles. The molecule has 2 N–H and O–H groups in total. The maximum atomic E-state index is 11.9. The first-order chi connectivity index (χ1) is 12.0. The van der Waals surface area contributed by atoms with Gasteiger partial charge >= 0.3 is 0 Å². The van der Waals surface area contributed by atoms with Crippen molar-refractivity contribution in [3.05, 3.63) is 66.0 Å². The number of amides is 1. The molecule has 7 nitrogen and oxygen atoms in total. The van der Waals surface area contributed by atoms with Crippen molar-refractivity contribution >= 4 is 5.91 Å². The van der Waals surface area contributed by atoms with Crippen LogP contribution in [0.4, 0.5) is 0 Å². The molecule has 3 aromatic rings. The Labute approximate surface area is 146 Å². The highest BCUT2D eigenvalue weighted by Crippen LogP contribution is 2.16. The Morgan fingerprint density at radius 1 is 1.24 bits per heavy atom. The number of nitrogens with zero attached hydrogens (tertiary/aromatic N) is 4. The Hall–Kier alpha value is -2.93. The van der Waals surface area contributed by atoms with E-state index in [9.17, 15) is 4.79 Å². The molecule has 1 atom stereocenters. The quantitative estimate of drug-likeness (QED) is 0.722. The molecule has 0 fully saturated rings. The molecule has 0 aliphatic rings. The highest BCUT2D eigenvalue weighted by Gasteiger charge is 2.11. The predicted molar refractivity (Wildman–Crippen MR) is 95.4 cm³/mol. The van der Waals surface area contributed by atoms with Crippen LogP contribution >= 0.6 is 0 Å². The average molecular weight is 338 g/mol. The molecular weight excluding hydrogens is 316 g/mol. The monoisotopic (exact) mass is 338 g/mol. The lowest BCUT2D eigenvalue weighted by Crippen LogP contribution is -2.22. The molecule has 2 aromatic heterocycles. The SMILES string of the molecule is CC(NCc1ccc(C(=O)N(C)C)[nH]1)c1ccc(-n2cncn2)cc1. The van der Waals surface area contributed by atoms with Crippen LogP contribution in [0.15, 0.2) is 49.1 Å². The van der Waals surface area contributed by atoms with Crippen LogP contribution in [0.1, 0.15) is 34.7 Å². The number of carbonyl (C=O) groups excluding carboxylic acids is 1. The van der Waals surface area contributed by atoms with Gasteiger partial charge in [-0.05, 0) is 36.8 Å². The summed E-state index contributed by atoms with van der Waals surface area (Å²) in [6, 6.07) is 12.1. The van der Waals surface area contributed by atoms with Crippen LogP contribution in [0.25, 0.3) is 5.69 Å². The molecule has 1 aromatic carbocycles. The number of carbonyl (C=O) groups is 1. The summed E-state index contributed by atoms with van der Waals surface area (Å²) in [6.07, 6.45) is 3.19. The molecule has 7 heteroatoms. The second kappa shape index (κ2) is 7.31. The van der Waals surface area contributed by atoms with Gasteiger partial charge in [0.2, 0.25) is 0 Å². The standard InChI is InChI=1S/C18H22N6O/c1-13(14-4-7-16(8-5-14)24-12-19-11-21-24)20-10-15-6-9-17(22-15)18(25)23(2)3/h4-9,11-13,20,22H,10H2,1-3H3. The van der Waals surface area contributed by atoms with Crippen molar-refractivity contribution in [1.82, 2.24) is 30.0 Å². The van der Waals surface area contributed by atoms with Crippen LogP contribution < -0.4 is 5.32 Å². The van der Waals surface area contributed by atoms with E-state index in [2.05, 4.69) is 39.4 Å². The Kier molecular flexibility index (Phi) is 4.95. The fraction of sp³-hybridized carbons (Fsp3) is 0.278. The molecule has 0 radical (unpaired) electrons. The molecule has 1 unspecified atom stereocenters. The van der Waals surface area contributed by atoms with Gasteiger partial charge in [-0.25, -0.2) is 9.67 Å². The molecule has 130 valence electrons. The van der Waals surface area contributed by atoms with E-state index in [1.54, 1.807) is 30.0 Å². The largest absolute Gasteiger partial charge is 0.353 e. The van der Waals surface area contributed by atoms with E-state index in [1.165, 1.54) is 11.9 Å². The number of rotatable bonds is 6. The first-order valence-corrected chi connectivity index (χ1v) is 8.12. The van der Waals surface area contributed by atoms with Crippen molar-refractivity contribution < 1.29 is 4.79 Å². The van der Waals surface area contributed by atoms with E-state index in [1.807, 2.05) is 24.3 Å². The summed E-state index contributed by atoms with van der Waals surface area (Å²) in [5.74, 6) is -0.0250. The average Bonchev–Trinajstić information content (AvgIpc) is 3.31. The summed E-state index contributed by atoms with van der Waals surface area (Å²) in [5.41, 5.74) is 3.74. The van der Waals surface area contributed by atoms with Crippen molar-refractivity contribution in [3.63, 3.8) is 0 Å². The summed E-state index contributed by atoms with van der Waals surface area (Å²) in [6.45, 7) is 2.77.